The monoisotopic (exact) mass is 1050 g/mol. The van der Waals surface area contributed by atoms with E-state index in [1.165, 1.54) is 231 Å². The lowest BCUT2D eigenvalue weighted by molar-refractivity contribution is -0.220. The lowest BCUT2D eigenvalue weighted by Crippen LogP contribution is -2.64. The summed E-state index contributed by atoms with van der Waals surface area (Å²) in [7, 11) is -5.08. The van der Waals surface area contributed by atoms with E-state index in [-0.39, 0.29) is 12.3 Å². The van der Waals surface area contributed by atoms with Crippen LogP contribution >= 0.6 is 7.82 Å². The molecule has 1 aliphatic rings. The summed E-state index contributed by atoms with van der Waals surface area (Å²) in [6, 6.07) is -1.11. The Bertz CT molecular complexity index is 1260. The van der Waals surface area contributed by atoms with Crippen LogP contribution in [0, 0.1) is 0 Å². The molecule has 0 spiro atoms. The molecule has 6 unspecified atom stereocenters. The van der Waals surface area contributed by atoms with Crippen LogP contribution in [-0.4, -0.2) is 96.8 Å². The van der Waals surface area contributed by atoms with E-state index in [2.05, 4.69) is 19.2 Å². The standard InChI is InChI=1S/C59H116NO11P/c1-3-5-7-9-11-13-15-17-18-19-20-21-22-23-24-25-26-27-28-29-30-31-32-33-34-35-37-39-41-43-45-47-49-53(62)60-51(52(61)48-46-44-42-40-38-36-16-14-12-10-8-6-4-2)50-70-72(68,69)71-59-57(66)55(64)54(63)56(65)58(59)67/h46,48,51-52,54-59,61,63-67H,3-45,47,49-50H2,1-2H3,(H,60,62)(H,68,69)/b48-46+/t51-,52+,54?,55+,56?,57?,58?,59?/m0/s1. The summed E-state index contributed by atoms with van der Waals surface area (Å²) in [6.07, 6.45) is 47.5. The molecule has 1 aliphatic carbocycles. The number of allylic oxidation sites excluding steroid dienone is 1. The number of unbranched alkanes of at least 4 members (excludes halogenated alkanes) is 42. The molecule has 1 saturated carbocycles. The Balaban J connectivity index is 2.19. The number of phosphoric ester groups is 1. The van der Waals surface area contributed by atoms with Gasteiger partial charge in [0.2, 0.25) is 5.91 Å². The zero-order valence-electron chi connectivity index (χ0n) is 46.5. The lowest BCUT2D eigenvalue weighted by atomic mass is 9.85. The predicted molar refractivity (Wildman–Crippen MR) is 297 cm³/mol. The molecule has 0 aromatic rings. The fourth-order valence-electron chi connectivity index (χ4n) is 10.1. The molecule has 0 bridgehead atoms. The molecular formula is C59H116NO11P. The van der Waals surface area contributed by atoms with Crippen LogP contribution in [0.1, 0.15) is 303 Å². The highest BCUT2D eigenvalue weighted by atomic mass is 31.2. The van der Waals surface area contributed by atoms with Crippen molar-refractivity contribution in [1.82, 2.24) is 5.32 Å². The van der Waals surface area contributed by atoms with Gasteiger partial charge in [0, 0.05) is 6.42 Å². The number of rotatable bonds is 53. The number of hydrogen-bond donors (Lipinski definition) is 8. The minimum absolute atomic E-state index is 0.219. The average Bonchev–Trinajstić information content (AvgIpc) is 3.37. The fraction of sp³-hybridized carbons (Fsp3) is 0.949. The number of amides is 1. The Morgan fingerprint density at radius 2 is 0.736 bits per heavy atom. The molecule has 72 heavy (non-hydrogen) atoms. The van der Waals surface area contributed by atoms with Gasteiger partial charge in [-0.25, -0.2) is 4.57 Å². The molecule has 13 heteroatoms. The summed E-state index contributed by atoms with van der Waals surface area (Å²) in [4.78, 5) is 23.5. The van der Waals surface area contributed by atoms with Crippen molar-refractivity contribution in [3.63, 3.8) is 0 Å². The molecule has 1 amide bonds. The minimum Gasteiger partial charge on any atom is -0.387 e. The van der Waals surface area contributed by atoms with Crippen molar-refractivity contribution in [1.29, 1.82) is 0 Å². The second kappa shape index (κ2) is 48.5. The number of aliphatic hydroxyl groups is 6. The van der Waals surface area contributed by atoms with E-state index in [0.29, 0.717) is 6.42 Å². The molecule has 1 fully saturated rings. The summed E-state index contributed by atoms with van der Waals surface area (Å²) in [5.41, 5.74) is 0. The van der Waals surface area contributed by atoms with Crippen LogP contribution < -0.4 is 5.32 Å². The van der Waals surface area contributed by atoms with Crippen LogP contribution in [0.15, 0.2) is 12.2 Å². The molecule has 428 valence electrons. The fourth-order valence-corrected chi connectivity index (χ4v) is 11.1. The molecule has 1 rings (SSSR count). The normalized spacial score (nSPS) is 21.1. The highest BCUT2D eigenvalue weighted by Gasteiger charge is 2.51. The summed E-state index contributed by atoms with van der Waals surface area (Å²) in [6.45, 7) is 3.88. The third-order valence-corrected chi connectivity index (χ3v) is 16.1. The topological polar surface area (TPSA) is 206 Å². The summed E-state index contributed by atoms with van der Waals surface area (Å²) < 4.78 is 23.0. The molecule has 0 saturated heterocycles. The van der Waals surface area contributed by atoms with Gasteiger partial charge in [-0.1, -0.05) is 289 Å². The van der Waals surface area contributed by atoms with Gasteiger partial charge < -0.3 is 40.8 Å². The van der Waals surface area contributed by atoms with E-state index in [1.54, 1.807) is 6.08 Å². The zero-order valence-corrected chi connectivity index (χ0v) is 47.4. The van der Waals surface area contributed by atoms with Gasteiger partial charge >= 0.3 is 7.82 Å². The largest absolute Gasteiger partial charge is 0.472 e. The molecule has 9 atom stereocenters. The van der Waals surface area contributed by atoms with Crippen molar-refractivity contribution in [3.05, 3.63) is 12.2 Å². The average molecular weight is 1050 g/mol. The Morgan fingerprint density at radius 1 is 0.458 bits per heavy atom. The lowest BCUT2D eigenvalue weighted by Gasteiger charge is -2.41. The van der Waals surface area contributed by atoms with Crippen LogP contribution in [0.5, 0.6) is 0 Å². The van der Waals surface area contributed by atoms with Crippen molar-refractivity contribution in [2.45, 2.75) is 352 Å². The van der Waals surface area contributed by atoms with E-state index < -0.39 is 63.2 Å². The van der Waals surface area contributed by atoms with Gasteiger partial charge in [0.05, 0.1) is 18.8 Å². The first-order chi connectivity index (χ1) is 34.9. The van der Waals surface area contributed by atoms with Crippen molar-refractivity contribution >= 4 is 13.7 Å². The molecule has 8 N–H and O–H groups in total. The predicted octanol–water partition coefficient (Wildman–Crippen LogP) is 14.3. The van der Waals surface area contributed by atoms with Gasteiger partial charge in [0.1, 0.15) is 36.6 Å². The maximum atomic E-state index is 13.0. The first-order valence-corrected chi connectivity index (χ1v) is 32.1. The number of carbonyl (C=O) groups excluding carboxylic acids is 1. The van der Waals surface area contributed by atoms with Gasteiger partial charge in [0.15, 0.2) is 0 Å². The second-order valence-electron chi connectivity index (χ2n) is 21.9. The van der Waals surface area contributed by atoms with Crippen molar-refractivity contribution in [2.24, 2.45) is 0 Å². The Morgan fingerprint density at radius 3 is 1.06 bits per heavy atom. The van der Waals surface area contributed by atoms with E-state index >= 15 is 0 Å². The third-order valence-electron chi connectivity index (χ3n) is 15.1. The Kier molecular flexibility index (Phi) is 46.5. The maximum absolute atomic E-state index is 13.0. The van der Waals surface area contributed by atoms with Crippen molar-refractivity contribution in [3.8, 4) is 0 Å². The summed E-state index contributed by atoms with van der Waals surface area (Å²) >= 11 is 0. The Labute approximate surface area is 441 Å². The number of aliphatic hydroxyl groups excluding tert-OH is 6. The van der Waals surface area contributed by atoms with Crippen LogP contribution in [0.25, 0.3) is 0 Å². The van der Waals surface area contributed by atoms with Crippen LogP contribution in [0.3, 0.4) is 0 Å². The van der Waals surface area contributed by atoms with E-state index in [4.69, 9.17) is 9.05 Å². The minimum atomic E-state index is -5.08. The van der Waals surface area contributed by atoms with Crippen LogP contribution in [0.2, 0.25) is 0 Å². The molecule has 0 aromatic heterocycles. The van der Waals surface area contributed by atoms with Gasteiger partial charge in [-0.05, 0) is 19.3 Å². The zero-order chi connectivity index (χ0) is 52.8. The third kappa shape index (κ3) is 38.6. The summed E-state index contributed by atoms with van der Waals surface area (Å²) in [5.74, 6) is -0.334. The van der Waals surface area contributed by atoms with Crippen LogP contribution in [-0.2, 0) is 18.4 Å². The molecule has 12 nitrogen and oxygen atoms in total. The summed E-state index contributed by atoms with van der Waals surface area (Å²) in [5, 5.41) is 64.3. The van der Waals surface area contributed by atoms with Crippen LogP contribution in [0.4, 0.5) is 0 Å². The molecular weight excluding hydrogens is 930 g/mol. The molecule has 0 aliphatic heterocycles. The molecule has 0 aromatic carbocycles. The quantitative estimate of drug-likeness (QED) is 0.0163. The number of hydrogen-bond acceptors (Lipinski definition) is 10. The van der Waals surface area contributed by atoms with Crippen molar-refractivity contribution < 1.29 is 53.9 Å². The maximum Gasteiger partial charge on any atom is 0.472 e. The number of nitrogens with one attached hydrogen (secondary N) is 1. The van der Waals surface area contributed by atoms with Gasteiger partial charge in [-0.15, -0.1) is 0 Å². The Hall–Kier alpha value is -0.920. The first kappa shape index (κ1) is 69.1. The van der Waals surface area contributed by atoms with Gasteiger partial charge in [-0.3, -0.25) is 13.8 Å². The number of carbonyl (C=O) groups is 1. The van der Waals surface area contributed by atoms with Gasteiger partial charge in [0.25, 0.3) is 0 Å². The second-order valence-corrected chi connectivity index (χ2v) is 23.3. The molecule has 0 radical (unpaired) electrons. The molecule has 0 heterocycles. The van der Waals surface area contributed by atoms with E-state index in [1.807, 2.05) is 6.08 Å². The highest BCUT2D eigenvalue weighted by Crippen LogP contribution is 2.47. The van der Waals surface area contributed by atoms with E-state index in [9.17, 15) is 44.9 Å². The van der Waals surface area contributed by atoms with Crippen molar-refractivity contribution in [2.75, 3.05) is 6.61 Å². The smallest absolute Gasteiger partial charge is 0.387 e. The number of phosphoric acid groups is 1. The first-order valence-electron chi connectivity index (χ1n) is 30.6. The SMILES string of the molecule is CCCCCCCCCCCCC/C=C/[C@@H](O)[C@H](COP(=O)(O)OC1C(O)C(O)C(O)[C@@H](O)C1O)NC(=O)CCCCCCCCCCCCCCCCCCCCCCCCCCCCCCCCCC. The van der Waals surface area contributed by atoms with E-state index in [0.717, 1.165) is 44.9 Å². The van der Waals surface area contributed by atoms with Gasteiger partial charge in [-0.2, -0.15) is 0 Å². The highest BCUT2D eigenvalue weighted by molar-refractivity contribution is 7.47.